The fourth-order valence-electron chi connectivity index (χ4n) is 14.0. The molecule has 0 saturated carbocycles. The lowest BCUT2D eigenvalue weighted by Crippen LogP contribution is -2.24. The molecule has 0 radical (unpaired) electrons. The van der Waals surface area contributed by atoms with Crippen LogP contribution in [-0.4, -0.2) is 247 Å². The van der Waals surface area contributed by atoms with Crippen LogP contribution in [0.15, 0.2) is 146 Å². The summed E-state index contributed by atoms with van der Waals surface area (Å²) in [6.07, 6.45) is 9.35. The first-order chi connectivity index (χ1) is 66.6. The summed E-state index contributed by atoms with van der Waals surface area (Å²) in [4.78, 5) is 156. The maximum atomic E-state index is 13.0. The molecule has 13 aromatic rings. The second kappa shape index (κ2) is 44.8. The second-order valence-corrected chi connectivity index (χ2v) is 29.4. The maximum absolute atomic E-state index is 13.0. The zero-order chi connectivity index (χ0) is 98.4. The molecule has 6 heterocycles. The van der Waals surface area contributed by atoms with Crippen LogP contribution in [0, 0.1) is 0 Å². The Labute approximate surface area is 780 Å². The van der Waals surface area contributed by atoms with Crippen LogP contribution in [0.1, 0.15) is 192 Å². The molecule has 6 aromatic heterocycles. The minimum absolute atomic E-state index is 0.0251. The van der Waals surface area contributed by atoms with Gasteiger partial charge in [-0.2, -0.15) is 0 Å². The molecule has 13 rings (SSSR count). The van der Waals surface area contributed by atoms with Crippen LogP contribution in [0.2, 0.25) is 0 Å². The molecule has 0 unspecified atom stereocenters. The lowest BCUT2D eigenvalue weighted by Gasteiger charge is -2.27. The molecule has 0 N–H and O–H groups in total. The second-order valence-electron chi connectivity index (χ2n) is 29.4. The third-order valence-corrected chi connectivity index (χ3v) is 20.4. The highest BCUT2D eigenvalue weighted by Crippen LogP contribution is 2.36. The van der Waals surface area contributed by atoms with Gasteiger partial charge in [-0.1, -0.05) is 31.3 Å². The molecule has 0 aliphatic heterocycles. The van der Waals surface area contributed by atoms with E-state index in [9.17, 15) is 57.5 Å². The minimum atomic E-state index is -0.796. The number of rotatable bonds is 42. The standard InChI is InChI=1S/C90H84N18O30/c1-121-79(109)49-13-50(80(110)122-2)20-67(19-49)133-43-61-31-103(97-91-61)37-73-74(38-104-32-62(92-98-104)44-134-68-21-51(81(111)123-3)14-52(22-68)82(112)124-4)76(40-106-34-64(94-100-106)46-136-70-25-55(85(115)127-7)16-56(26-70)86(116)128-8)78(42-108-36-66(96-102-108)48-138-72-29-59(89(119)131-11)18-60(30-72)90(120)132-12)77(41-107-35-65(95-101-107)47-137-71-27-57(87(117)129-9)17-58(28-71)88(118)130-10)75(73)39-105-33-63(93-99-105)45-135-69-23-53(83(113)125-5)15-54(24-69)84(114)126-6/h13-36H,37-48H2,1-12H3. The van der Waals surface area contributed by atoms with Gasteiger partial charge in [0, 0.05) is 0 Å². The highest BCUT2D eigenvalue weighted by Gasteiger charge is 2.31. The summed E-state index contributed by atoms with van der Waals surface area (Å²) < 4.78 is 106. The van der Waals surface area contributed by atoms with E-state index in [2.05, 4.69) is 61.9 Å². The van der Waals surface area contributed by atoms with E-state index in [1.807, 2.05) is 0 Å². The molecule has 0 spiro atoms. The Morgan fingerprint density at radius 1 is 0.181 bits per heavy atom. The quantitative estimate of drug-likeness (QED) is 0.0293. The number of esters is 12. The largest absolute Gasteiger partial charge is 0.487 e. The maximum Gasteiger partial charge on any atom is 0.338 e. The Kier molecular flexibility index (Phi) is 31.6. The van der Waals surface area contributed by atoms with Gasteiger partial charge in [-0.3, -0.25) is 0 Å². The molecule has 0 fully saturated rings. The van der Waals surface area contributed by atoms with Gasteiger partial charge in [0.05, 0.1) is 229 Å². The average Bonchev–Trinajstić information content (AvgIpc) is 1.70. The van der Waals surface area contributed by atoms with E-state index in [1.165, 1.54) is 137 Å². The van der Waals surface area contributed by atoms with Crippen molar-refractivity contribution in [3.63, 3.8) is 0 Å². The van der Waals surface area contributed by atoms with Gasteiger partial charge in [-0.05, 0) is 143 Å². The van der Waals surface area contributed by atoms with E-state index in [-0.39, 0.29) is 214 Å². The van der Waals surface area contributed by atoms with Gasteiger partial charge in [-0.25, -0.2) is 85.6 Å². The van der Waals surface area contributed by atoms with Gasteiger partial charge in [0.15, 0.2) is 0 Å². The highest BCUT2D eigenvalue weighted by atomic mass is 16.6. The summed E-state index contributed by atoms with van der Waals surface area (Å²) in [5.74, 6) is -9.40. The normalized spacial score (nSPS) is 10.9. The summed E-state index contributed by atoms with van der Waals surface area (Å²) in [5, 5.41) is 55.3. The number of nitrogens with zero attached hydrogens (tertiary/aromatic N) is 18. The molecule has 0 amide bonds. The number of hydrogen-bond acceptors (Lipinski definition) is 42. The van der Waals surface area contributed by atoms with Gasteiger partial charge in [0.1, 0.15) is 108 Å². The van der Waals surface area contributed by atoms with Crippen LogP contribution >= 0.6 is 0 Å². The number of aromatic nitrogens is 18. The number of hydrogen-bond donors (Lipinski definition) is 0. The van der Waals surface area contributed by atoms with Gasteiger partial charge >= 0.3 is 71.6 Å². The van der Waals surface area contributed by atoms with Crippen LogP contribution < -0.4 is 28.4 Å². The van der Waals surface area contributed by atoms with E-state index < -0.39 is 71.6 Å². The van der Waals surface area contributed by atoms with Crippen molar-refractivity contribution in [2.45, 2.75) is 78.9 Å². The van der Waals surface area contributed by atoms with E-state index in [1.54, 1.807) is 37.2 Å². The minimum Gasteiger partial charge on any atom is -0.487 e. The first kappa shape index (κ1) is 97.4. The lowest BCUT2D eigenvalue weighted by atomic mass is 9.85. The monoisotopic (exact) mass is 1900 g/mol. The average molecular weight is 1900 g/mol. The summed E-state index contributed by atoms with van der Waals surface area (Å²) in [6.45, 7) is -3.65. The predicted octanol–water partition coefficient (Wildman–Crippen LogP) is 6.44. The summed E-state index contributed by atoms with van der Waals surface area (Å²) in [6, 6.07) is 23.8. The Morgan fingerprint density at radius 3 is 0.391 bits per heavy atom. The van der Waals surface area contributed by atoms with Crippen LogP contribution in [0.25, 0.3) is 0 Å². The van der Waals surface area contributed by atoms with Gasteiger partial charge < -0.3 is 85.3 Å². The van der Waals surface area contributed by atoms with E-state index in [4.69, 9.17) is 85.3 Å². The van der Waals surface area contributed by atoms with E-state index in [0.29, 0.717) is 33.4 Å². The van der Waals surface area contributed by atoms with Gasteiger partial charge in [-0.15, -0.1) is 30.6 Å². The summed E-state index contributed by atoms with van der Waals surface area (Å²) in [7, 11) is 13.9. The Hall–Kier alpha value is -18.2. The number of methoxy groups -OCH3 is 12. The molecule has 714 valence electrons. The van der Waals surface area contributed by atoms with Crippen molar-refractivity contribution in [2.24, 2.45) is 0 Å². The van der Waals surface area contributed by atoms with Crippen molar-refractivity contribution in [2.75, 3.05) is 85.3 Å². The lowest BCUT2D eigenvalue weighted by molar-refractivity contribution is 0.0580. The molecule has 0 aliphatic rings. The zero-order valence-corrected chi connectivity index (χ0v) is 75.6. The van der Waals surface area contributed by atoms with Crippen molar-refractivity contribution < 1.29 is 143 Å². The number of carbonyl (C=O) groups is 12. The summed E-state index contributed by atoms with van der Waals surface area (Å²) in [5.41, 5.74) is 2.92. The molecule has 48 heteroatoms. The Balaban J connectivity index is 1.04. The van der Waals surface area contributed by atoms with E-state index >= 15 is 0 Å². The van der Waals surface area contributed by atoms with Crippen molar-refractivity contribution in [1.29, 1.82) is 0 Å². The fraction of sp³-hybridized carbons (Fsp3) is 0.267. The van der Waals surface area contributed by atoms with Crippen molar-refractivity contribution in [1.82, 2.24) is 90.0 Å². The molecule has 138 heavy (non-hydrogen) atoms. The molecular formula is C90H84N18O30. The van der Waals surface area contributed by atoms with Crippen LogP contribution in [0.4, 0.5) is 0 Å². The smallest absolute Gasteiger partial charge is 0.338 e. The first-order valence-electron chi connectivity index (χ1n) is 40.8. The van der Waals surface area contributed by atoms with Crippen molar-refractivity contribution in [3.8, 4) is 34.5 Å². The Bertz CT molecular complexity index is 5550. The highest BCUT2D eigenvalue weighted by molar-refractivity contribution is 6.00. The molecule has 0 saturated heterocycles. The van der Waals surface area contributed by atoms with Crippen molar-refractivity contribution in [3.05, 3.63) is 281 Å². The molecule has 0 atom stereocenters. The topological polar surface area (TPSA) is 555 Å². The third-order valence-electron chi connectivity index (χ3n) is 20.4. The fourth-order valence-corrected chi connectivity index (χ4v) is 14.0. The molecule has 0 bridgehead atoms. The van der Waals surface area contributed by atoms with Crippen LogP contribution in [0.5, 0.6) is 34.5 Å². The van der Waals surface area contributed by atoms with Gasteiger partial charge in [0.2, 0.25) is 0 Å². The predicted molar refractivity (Wildman–Crippen MR) is 462 cm³/mol. The SMILES string of the molecule is COC(=O)c1cc(OCc2cn(Cc3c(Cn4cc(COc5cc(C(=O)OC)cc(C(=O)OC)c5)nn4)c(Cn4cc(COc5cc(C(=O)OC)cc(C(=O)OC)c5)nn4)c(Cn4cc(COc5cc(C(=O)OC)cc(C(=O)OC)c5)nn4)c(Cn4cc(COc5cc(C(=O)OC)cc(C(=O)OC)c5)nn4)c3Cn3cc(COc4cc(C(=O)OC)cc(C(=O)OC)c4)nn3)nn2)cc(C(=O)OC)c1. The Morgan fingerprint density at radius 2 is 0.290 bits per heavy atom. The molecule has 0 aliphatic carbocycles. The third kappa shape index (κ3) is 24.2. The molecular weight excluding hydrogens is 1810 g/mol. The summed E-state index contributed by atoms with van der Waals surface area (Å²) >= 11 is 0. The van der Waals surface area contributed by atoms with Crippen molar-refractivity contribution >= 4 is 71.6 Å². The van der Waals surface area contributed by atoms with Crippen LogP contribution in [0.3, 0.4) is 0 Å². The number of carbonyl (C=O) groups excluding carboxylic acids is 12. The first-order valence-corrected chi connectivity index (χ1v) is 40.8. The number of benzene rings is 7. The molecule has 7 aromatic carbocycles. The van der Waals surface area contributed by atoms with Crippen LogP contribution in [-0.2, 0) is 136 Å². The number of ether oxygens (including phenoxy) is 18. The van der Waals surface area contributed by atoms with Gasteiger partial charge in [0.25, 0.3) is 0 Å². The zero-order valence-electron chi connectivity index (χ0n) is 75.6. The van der Waals surface area contributed by atoms with E-state index in [0.717, 1.165) is 85.3 Å². The molecule has 48 nitrogen and oxygen atoms in total.